The first-order valence-electron chi connectivity index (χ1n) is 5.33. The number of carboxylic acid groups (broad SMARTS) is 1. The van der Waals surface area contributed by atoms with Gasteiger partial charge in [0.25, 0.3) is 0 Å². The molecule has 2 aromatic rings. The number of nitrogens with zero attached hydrogens (tertiary/aromatic N) is 4. The molecular weight excluding hydrogens is 256 g/mol. The van der Waals surface area contributed by atoms with Crippen molar-refractivity contribution in [1.29, 1.82) is 0 Å². The summed E-state index contributed by atoms with van der Waals surface area (Å²) in [6.07, 6.45) is 0.524. The molecule has 0 aliphatic heterocycles. The quantitative estimate of drug-likeness (QED) is 0.910. The van der Waals surface area contributed by atoms with E-state index in [4.69, 9.17) is 16.7 Å². The van der Waals surface area contributed by atoms with Crippen LogP contribution in [0.1, 0.15) is 17.8 Å². The Morgan fingerprint density at radius 1 is 1.50 bits per heavy atom. The maximum atomic E-state index is 10.5. The fraction of sp³-hybridized carbons (Fsp3) is 0.273. The Morgan fingerprint density at radius 3 is 2.89 bits per heavy atom. The molecule has 6 nitrogen and oxygen atoms in total. The molecule has 0 bridgehead atoms. The van der Waals surface area contributed by atoms with E-state index in [0.29, 0.717) is 23.0 Å². The average molecular weight is 267 g/mol. The molecule has 0 amide bonds. The summed E-state index contributed by atoms with van der Waals surface area (Å²) >= 11 is 6.09. The van der Waals surface area contributed by atoms with E-state index >= 15 is 0 Å². The van der Waals surface area contributed by atoms with Crippen molar-refractivity contribution in [3.05, 3.63) is 34.6 Å². The Labute approximate surface area is 108 Å². The third-order valence-electron chi connectivity index (χ3n) is 2.49. The molecule has 2 rings (SSSR count). The number of benzene rings is 1. The molecule has 1 aromatic heterocycles. The average Bonchev–Trinajstić information content (AvgIpc) is 2.74. The van der Waals surface area contributed by atoms with E-state index in [1.807, 2.05) is 0 Å². The van der Waals surface area contributed by atoms with Gasteiger partial charge in [-0.1, -0.05) is 17.7 Å². The highest BCUT2D eigenvalue weighted by Crippen LogP contribution is 2.22. The topological polar surface area (TPSA) is 80.9 Å². The number of tetrazole rings is 1. The van der Waals surface area contributed by atoms with E-state index in [9.17, 15) is 4.79 Å². The lowest BCUT2D eigenvalue weighted by Gasteiger charge is -2.07. The molecule has 0 saturated heterocycles. The molecule has 1 aromatic carbocycles. The lowest BCUT2D eigenvalue weighted by molar-refractivity contribution is -0.136. The molecule has 0 radical (unpaired) electrons. The fourth-order valence-corrected chi connectivity index (χ4v) is 1.78. The summed E-state index contributed by atoms with van der Waals surface area (Å²) < 4.78 is 1.52. The summed E-state index contributed by atoms with van der Waals surface area (Å²) in [5.41, 5.74) is 1.54. The maximum absolute atomic E-state index is 10.5. The first-order chi connectivity index (χ1) is 8.58. The summed E-state index contributed by atoms with van der Waals surface area (Å²) in [5, 5.41) is 20.4. The zero-order chi connectivity index (χ0) is 13.1. The van der Waals surface area contributed by atoms with Crippen molar-refractivity contribution in [3.8, 4) is 5.69 Å². The summed E-state index contributed by atoms with van der Waals surface area (Å²) in [5.74, 6) is -0.211. The van der Waals surface area contributed by atoms with Gasteiger partial charge in [-0.05, 0) is 41.5 Å². The van der Waals surface area contributed by atoms with Crippen LogP contribution in [-0.2, 0) is 11.2 Å². The van der Waals surface area contributed by atoms with E-state index in [0.717, 1.165) is 5.56 Å². The standard InChI is InChI=1S/C11H11ClN4O2/c1-7-13-14-15-16(7)10-6-8(2-4-9(10)12)3-5-11(17)18/h2,4,6H,3,5H2,1H3,(H,17,18). The molecule has 0 fully saturated rings. The molecule has 1 N–H and O–H groups in total. The summed E-state index contributed by atoms with van der Waals surface area (Å²) in [4.78, 5) is 10.5. The number of rotatable bonds is 4. The van der Waals surface area contributed by atoms with Gasteiger partial charge in [-0.3, -0.25) is 4.79 Å². The minimum atomic E-state index is -0.829. The normalized spacial score (nSPS) is 10.6. The van der Waals surface area contributed by atoms with E-state index in [1.165, 1.54) is 4.68 Å². The highest BCUT2D eigenvalue weighted by molar-refractivity contribution is 6.32. The second kappa shape index (κ2) is 5.14. The third kappa shape index (κ3) is 2.65. The number of aromatic nitrogens is 4. The van der Waals surface area contributed by atoms with Crippen LogP contribution in [0.3, 0.4) is 0 Å². The second-order valence-electron chi connectivity index (χ2n) is 3.82. The molecule has 0 spiro atoms. The van der Waals surface area contributed by atoms with Crippen molar-refractivity contribution in [3.63, 3.8) is 0 Å². The van der Waals surface area contributed by atoms with E-state index < -0.39 is 5.97 Å². The predicted octanol–water partition coefficient (Wildman–Crippen LogP) is 1.64. The van der Waals surface area contributed by atoms with Gasteiger partial charge in [0.1, 0.15) is 0 Å². The lowest BCUT2D eigenvalue weighted by atomic mass is 10.1. The first-order valence-corrected chi connectivity index (χ1v) is 5.71. The Bertz CT molecular complexity index is 582. The zero-order valence-corrected chi connectivity index (χ0v) is 10.4. The van der Waals surface area contributed by atoms with Gasteiger partial charge in [0.05, 0.1) is 10.7 Å². The van der Waals surface area contributed by atoms with Gasteiger partial charge < -0.3 is 5.11 Å². The number of aliphatic carboxylic acids is 1. The number of hydrogen-bond donors (Lipinski definition) is 1. The van der Waals surface area contributed by atoms with Crippen LogP contribution in [0, 0.1) is 6.92 Å². The Morgan fingerprint density at radius 2 is 2.28 bits per heavy atom. The molecular formula is C11H11ClN4O2. The molecule has 0 atom stereocenters. The van der Waals surface area contributed by atoms with Crippen LogP contribution in [0.5, 0.6) is 0 Å². The van der Waals surface area contributed by atoms with E-state index in [-0.39, 0.29) is 6.42 Å². The largest absolute Gasteiger partial charge is 0.481 e. The number of carboxylic acids is 1. The monoisotopic (exact) mass is 266 g/mol. The fourth-order valence-electron chi connectivity index (χ4n) is 1.58. The third-order valence-corrected chi connectivity index (χ3v) is 2.81. The van der Waals surface area contributed by atoms with Gasteiger partial charge in [-0.2, -0.15) is 4.68 Å². The van der Waals surface area contributed by atoms with Crippen molar-refractivity contribution in [2.45, 2.75) is 19.8 Å². The Balaban J connectivity index is 2.33. The van der Waals surface area contributed by atoms with Crippen LogP contribution in [-0.4, -0.2) is 31.3 Å². The van der Waals surface area contributed by atoms with E-state index in [2.05, 4.69) is 15.5 Å². The van der Waals surface area contributed by atoms with Gasteiger partial charge in [-0.15, -0.1) is 5.10 Å². The molecule has 0 saturated carbocycles. The van der Waals surface area contributed by atoms with Crippen LogP contribution in [0.15, 0.2) is 18.2 Å². The predicted molar refractivity (Wildman–Crippen MR) is 64.9 cm³/mol. The van der Waals surface area contributed by atoms with Gasteiger partial charge in [0.2, 0.25) is 0 Å². The van der Waals surface area contributed by atoms with Crippen LogP contribution >= 0.6 is 11.6 Å². The lowest BCUT2D eigenvalue weighted by Crippen LogP contribution is -2.03. The number of aryl methyl sites for hydroxylation is 2. The minimum Gasteiger partial charge on any atom is -0.481 e. The van der Waals surface area contributed by atoms with Crippen molar-refractivity contribution in [1.82, 2.24) is 20.2 Å². The van der Waals surface area contributed by atoms with E-state index in [1.54, 1.807) is 25.1 Å². The van der Waals surface area contributed by atoms with Crippen LogP contribution in [0.25, 0.3) is 5.69 Å². The molecule has 94 valence electrons. The summed E-state index contributed by atoms with van der Waals surface area (Å²) in [6.45, 7) is 1.76. The molecule has 18 heavy (non-hydrogen) atoms. The molecule has 0 unspecified atom stereocenters. The number of halogens is 1. The number of carbonyl (C=O) groups is 1. The number of hydrogen-bond acceptors (Lipinski definition) is 4. The van der Waals surface area contributed by atoms with Crippen molar-refractivity contribution < 1.29 is 9.90 Å². The SMILES string of the molecule is Cc1nnnn1-c1cc(CCC(=O)O)ccc1Cl. The maximum Gasteiger partial charge on any atom is 0.303 e. The van der Waals surface area contributed by atoms with Crippen LogP contribution in [0.2, 0.25) is 5.02 Å². The second-order valence-corrected chi connectivity index (χ2v) is 4.22. The highest BCUT2D eigenvalue weighted by atomic mass is 35.5. The summed E-state index contributed by atoms with van der Waals surface area (Å²) in [6, 6.07) is 5.32. The van der Waals surface area contributed by atoms with Crippen molar-refractivity contribution >= 4 is 17.6 Å². The molecule has 0 aliphatic carbocycles. The first kappa shape index (κ1) is 12.5. The smallest absolute Gasteiger partial charge is 0.303 e. The molecule has 7 heteroatoms. The highest BCUT2D eigenvalue weighted by Gasteiger charge is 2.09. The van der Waals surface area contributed by atoms with Crippen molar-refractivity contribution in [2.75, 3.05) is 0 Å². The van der Waals surface area contributed by atoms with Gasteiger partial charge in [0.15, 0.2) is 5.82 Å². The van der Waals surface area contributed by atoms with Crippen LogP contribution < -0.4 is 0 Å². The van der Waals surface area contributed by atoms with Gasteiger partial charge >= 0.3 is 5.97 Å². The molecule has 0 aliphatic rings. The van der Waals surface area contributed by atoms with Gasteiger partial charge in [-0.25, -0.2) is 0 Å². The minimum absolute atomic E-state index is 0.0790. The van der Waals surface area contributed by atoms with Gasteiger partial charge in [0, 0.05) is 6.42 Å². The van der Waals surface area contributed by atoms with Crippen LogP contribution in [0.4, 0.5) is 0 Å². The zero-order valence-electron chi connectivity index (χ0n) is 9.67. The Kier molecular flexibility index (Phi) is 3.57. The molecule has 1 heterocycles. The Hall–Kier alpha value is -1.95. The van der Waals surface area contributed by atoms with Crippen molar-refractivity contribution in [2.24, 2.45) is 0 Å². The summed E-state index contributed by atoms with van der Waals surface area (Å²) in [7, 11) is 0.